The molecule has 0 bridgehead atoms. The third kappa shape index (κ3) is 3.63. The van der Waals surface area contributed by atoms with Crippen molar-refractivity contribution in [3.8, 4) is 22.4 Å². The Hall–Kier alpha value is -4.17. The SMILES string of the molecule is Cc1cnc(-c2cccc3c2oc2ccc(C(C)(C)c4ccccc4)cc23)cc1-c1ccccc1. The van der Waals surface area contributed by atoms with Crippen LogP contribution in [0.2, 0.25) is 0 Å². The largest absolute Gasteiger partial charge is 0.455 e. The van der Waals surface area contributed by atoms with Crippen LogP contribution in [0.25, 0.3) is 44.3 Å². The van der Waals surface area contributed by atoms with Crippen LogP contribution in [0.1, 0.15) is 30.5 Å². The highest BCUT2D eigenvalue weighted by Gasteiger charge is 2.24. The fourth-order valence-electron chi connectivity index (χ4n) is 5.01. The van der Waals surface area contributed by atoms with Gasteiger partial charge in [-0.05, 0) is 59.0 Å². The maximum absolute atomic E-state index is 6.45. The van der Waals surface area contributed by atoms with Crippen molar-refractivity contribution >= 4 is 21.9 Å². The molecule has 170 valence electrons. The van der Waals surface area contributed by atoms with Crippen LogP contribution in [0.4, 0.5) is 0 Å². The molecule has 0 saturated carbocycles. The summed E-state index contributed by atoms with van der Waals surface area (Å²) in [5.74, 6) is 0. The van der Waals surface area contributed by atoms with E-state index in [0.29, 0.717) is 0 Å². The van der Waals surface area contributed by atoms with Crippen LogP contribution < -0.4 is 0 Å². The molecule has 0 amide bonds. The van der Waals surface area contributed by atoms with Crippen molar-refractivity contribution in [3.63, 3.8) is 0 Å². The molecule has 0 N–H and O–H groups in total. The molecule has 2 heterocycles. The number of hydrogen-bond donors (Lipinski definition) is 0. The Morgan fingerprint density at radius 2 is 1.40 bits per heavy atom. The maximum atomic E-state index is 6.45. The van der Waals surface area contributed by atoms with Crippen LogP contribution in [-0.4, -0.2) is 4.98 Å². The number of fused-ring (bicyclic) bond motifs is 3. The summed E-state index contributed by atoms with van der Waals surface area (Å²) in [4.78, 5) is 4.79. The summed E-state index contributed by atoms with van der Waals surface area (Å²) < 4.78 is 6.45. The van der Waals surface area contributed by atoms with E-state index in [-0.39, 0.29) is 5.41 Å². The topological polar surface area (TPSA) is 26.0 Å². The van der Waals surface area contributed by atoms with Crippen molar-refractivity contribution in [2.45, 2.75) is 26.2 Å². The van der Waals surface area contributed by atoms with Gasteiger partial charge in [0, 0.05) is 27.9 Å². The van der Waals surface area contributed by atoms with Crippen molar-refractivity contribution < 1.29 is 4.42 Å². The molecule has 6 aromatic rings. The van der Waals surface area contributed by atoms with Crippen LogP contribution in [0, 0.1) is 6.92 Å². The summed E-state index contributed by atoms with van der Waals surface area (Å²) in [7, 11) is 0. The Kier molecular flexibility index (Phi) is 5.04. The predicted octanol–water partition coefficient (Wildman–Crippen LogP) is 8.95. The second-order valence-electron chi connectivity index (χ2n) is 9.74. The van der Waals surface area contributed by atoms with E-state index in [1.54, 1.807) is 0 Å². The summed E-state index contributed by atoms with van der Waals surface area (Å²) in [6.45, 7) is 6.66. The molecule has 2 aromatic heterocycles. The van der Waals surface area contributed by atoms with Crippen LogP contribution in [-0.2, 0) is 5.41 Å². The average Bonchev–Trinajstić information content (AvgIpc) is 3.28. The summed E-state index contributed by atoms with van der Waals surface area (Å²) in [5, 5.41) is 2.26. The lowest BCUT2D eigenvalue weighted by molar-refractivity contribution is 0.639. The highest BCUT2D eigenvalue weighted by molar-refractivity contribution is 6.09. The number of furan rings is 1. The molecule has 0 atom stereocenters. The second kappa shape index (κ2) is 8.25. The Morgan fingerprint density at radius 3 is 2.17 bits per heavy atom. The first-order valence-corrected chi connectivity index (χ1v) is 12.1. The van der Waals surface area contributed by atoms with Crippen LogP contribution in [0.5, 0.6) is 0 Å². The standard InChI is InChI=1S/C33H27NO/c1-22-21-34-30(20-28(22)23-11-6-4-7-12-23)27-16-10-15-26-29-19-25(17-18-31(29)35-32(26)27)33(2,3)24-13-8-5-9-14-24/h4-21H,1-3H3. The predicted molar refractivity (Wildman–Crippen MR) is 146 cm³/mol. The average molecular weight is 454 g/mol. The Labute approximate surface area is 205 Å². The fourth-order valence-corrected chi connectivity index (χ4v) is 5.01. The maximum Gasteiger partial charge on any atom is 0.144 e. The molecular weight excluding hydrogens is 426 g/mol. The molecule has 0 aliphatic heterocycles. The molecule has 0 unspecified atom stereocenters. The molecule has 0 aliphatic rings. The van der Waals surface area contributed by atoms with E-state index in [1.165, 1.54) is 22.3 Å². The summed E-state index contributed by atoms with van der Waals surface area (Å²) in [6, 6.07) is 36.3. The van der Waals surface area contributed by atoms with Gasteiger partial charge < -0.3 is 4.42 Å². The molecule has 0 saturated heterocycles. The van der Waals surface area contributed by atoms with Gasteiger partial charge in [-0.2, -0.15) is 0 Å². The summed E-state index contributed by atoms with van der Waals surface area (Å²) in [6.07, 6.45) is 1.96. The molecule has 0 fully saturated rings. The monoisotopic (exact) mass is 453 g/mol. The molecule has 0 radical (unpaired) electrons. The molecule has 6 rings (SSSR count). The van der Waals surface area contributed by atoms with Crippen LogP contribution in [0.15, 0.2) is 114 Å². The zero-order chi connectivity index (χ0) is 24.0. The smallest absolute Gasteiger partial charge is 0.144 e. The fraction of sp³-hybridized carbons (Fsp3) is 0.121. The lowest BCUT2D eigenvalue weighted by Gasteiger charge is -2.26. The molecule has 4 aromatic carbocycles. The Bertz CT molecular complexity index is 1660. The molecule has 0 spiro atoms. The van der Waals surface area contributed by atoms with Gasteiger partial charge in [-0.15, -0.1) is 0 Å². The van der Waals surface area contributed by atoms with E-state index in [0.717, 1.165) is 38.8 Å². The molecule has 2 nitrogen and oxygen atoms in total. The number of para-hydroxylation sites is 1. The van der Waals surface area contributed by atoms with Crippen molar-refractivity contribution in [2.75, 3.05) is 0 Å². The quantitative estimate of drug-likeness (QED) is 0.266. The van der Waals surface area contributed by atoms with Gasteiger partial charge in [0.15, 0.2) is 0 Å². The van der Waals surface area contributed by atoms with Crippen molar-refractivity contribution in [1.29, 1.82) is 0 Å². The molecule has 0 aliphatic carbocycles. The van der Waals surface area contributed by atoms with E-state index in [1.807, 2.05) is 12.3 Å². The summed E-state index contributed by atoms with van der Waals surface area (Å²) >= 11 is 0. The van der Waals surface area contributed by atoms with E-state index in [2.05, 4.69) is 118 Å². The van der Waals surface area contributed by atoms with Crippen molar-refractivity contribution in [1.82, 2.24) is 4.98 Å². The minimum atomic E-state index is -0.111. The van der Waals surface area contributed by atoms with E-state index < -0.39 is 0 Å². The number of benzene rings is 4. The minimum absolute atomic E-state index is 0.111. The van der Waals surface area contributed by atoms with Crippen molar-refractivity contribution in [2.24, 2.45) is 0 Å². The minimum Gasteiger partial charge on any atom is -0.455 e. The van der Waals surface area contributed by atoms with Crippen molar-refractivity contribution in [3.05, 3.63) is 126 Å². The van der Waals surface area contributed by atoms with Gasteiger partial charge in [-0.1, -0.05) is 92.7 Å². The third-order valence-electron chi connectivity index (χ3n) is 7.18. The first kappa shape index (κ1) is 21.4. The number of aromatic nitrogens is 1. The van der Waals surface area contributed by atoms with Gasteiger partial charge >= 0.3 is 0 Å². The first-order valence-electron chi connectivity index (χ1n) is 12.1. The molecular formula is C33H27NO. The van der Waals surface area contributed by atoms with Crippen LogP contribution in [0.3, 0.4) is 0 Å². The number of pyridine rings is 1. The van der Waals surface area contributed by atoms with Crippen LogP contribution >= 0.6 is 0 Å². The van der Waals surface area contributed by atoms with Gasteiger partial charge in [-0.3, -0.25) is 4.98 Å². The van der Waals surface area contributed by atoms with E-state index in [9.17, 15) is 0 Å². The zero-order valence-electron chi connectivity index (χ0n) is 20.2. The Morgan fingerprint density at radius 1 is 0.657 bits per heavy atom. The van der Waals surface area contributed by atoms with E-state index >= 15 is 0 Å². The lowest BCUT2D eigenvalue weighted by Crippen LogP contribution is -2.18. The number of rotatable bonds is 4. The molecule has 35 heavy (non-hydrogen) atoms. The van der Waals surface area contributed by atoms with Gasteiger partial charge in [0.25, 0.3) is 0 Å². The number of aryl methyl sites for hydroxylation is 1. The second-order valence-corrected chi connectivity index (χ2v) is 9.74. The van der Waals surface area contributed by atoms with Gasteiger partial charge in [-0.25, -0.2) is 0 Å². The van der Waals surface area contributed by atoms with Gasteiger partial charge in [0.1, 0.15) is 11.2 Å². The number of hydrogen-bond acceptors (Lipinski definition) is 2. The first-order chi connectivity index (χ1) is 17.0. The highest BCUT2D eigenvalue weighted by Crippen LogP contribution is 2.39. The van der Waals surface area contributed by atoms with Gasteiger partial charge in [0.05, 0.1) is 5.69 Å². The van der Waals surface area contributed by atoms with E-state index in [4.69, 9.17) is 9.40 Å². The normalized spacial score (nSPS) is 11.9. The highest BCUT2D eigenvalue weighted by atomic mass is 16.3. The molecule has 2 heteroatoms. The zero-order valence-corrected chi connectivity index (χ0v) is 20.2. The Balaban J connectivity index is 1.51. The number of nitrogens with zero attached hydrogens (tertiary/aromatic N) is 1. The van der Waals surface area contributed by atoms with Gasteiger partial charge in [0.2, 0.25) is 0 Å². The third-order valence-corrected chi connectivity index (χ3v) is 7.18. The lowest BCUT2D eigenvalue weighted by atomic mass is 9.78. The summed E-state index contributed by atoms with van der Waals surface area (Å²) in [5.41, 5.74) is 9.71.